The molecule has 0 aromatic heterocycles. The van der Waals surface area contributed by atoms with Gasteiger partial charge < -0.3 is 5.32 Å². The molecule has 0 bridgehead atoms. The van der Waals surface area contributed by atoms with Gasteiger partial charge in [-0.2, -0.15) is 0 Å². The first kappa shape index (κ1) is 9.89. The maximum atomic E-state index is 12.9. The van der Waals surface area contributed by atoms with Crippen LogP contribution in [0.2, 0.25) is 0 Å². The van der Waals surface area contributed by atoms with Gasteiger partial charge in [0.15, 0.2) is 0 Å². The third kappa shape index (κ3) is 3.16. The fourth-order valence-electron chi connectivity index (χ4n) is 1.10. The van der Waals surface area contributed by atoms with Crippen molar-refractivity contribution in [1.82, 2.24) is 5.32 Å². The van der Waals surface area contributed by atoms with Gasteiger partial charge in [0.25, 0.3) is 0 Å². The van der Waals surface area contributed by atoms with E-state index in [1.165, 1.54) is 0 Å². The summed E-state index contributed by atoms with van der Waals surface area (Å²) in [6, 6.07) is 0.0648. The molecule has 2 atom stereocenters. The highest BCUT2D eigenvalue weighted by Gasteiger charge is 2.15. The Morgan fingerprint density at radius 1 is 1.40 bits per heavy atom. The van der Waals surface area contributed by atoms with Gasteiger partial charge in [0.1, 0.15) is 6.17 Å². The van der Waals surface area contributed by atoms with Gasteiger partial charge in [-0.15, -0.1) is 0 Å². The fraction of sp³-hybridized carbons (Fsp3) is 1.00. The molecule has 2 heteroatoms. The smallest absolute Gasteiger partial charge is 0.115 e. The van der Waals surface area contributed by atoms with Crippen LogP contribution >= 0.6 is 0 Å². The van der Waals surface area contributed by atoms with Gasteiger partial charge in [-0.25, -0.2) is 4.39 Å². The largest absolute Gasteiger partial charge is 0.314 e. The standard InChI is InChI=1S/C8H18FN/c1-4-6-8(10-3)7(9)5-2/h7-8,10H,4-6H2,1-3H3. The molecule has 0 aliphatic rings. The van der Waals surface area contributed by atoms with Crippen molar-refractivity contribution in [3.05, 3.63) is 0 Å². The Labute approximate surface area is 63.0 Å². The van der Waals surface area contributed by atoms with Crippen LogP contribution in [-0.2, 0) is 0 Å². The third-order valence-corrected chi connectivity index (χ3v) is 1.80. The average molecular weight is 147 g/mol. The van der Waals surface area contributed by atoms with E-state index >= 15 is 0 Å². The zero-order valence-corrected chi connectivity index (χ0v) is 7.15. The molecule has 1 N–H and O–H groups in total. The molecule has 0 aromatic carbocycles. The Kier molecular flexibility index (Phi) is 5.60. The van der Waals surface area contributed by atoms with Crippen molar-refractivity contribution in [1.29, 1.82) is 0 Å². The summed E-state index contributed by atoms with van der Waals surface area (Å²) in [5, 5.41) is 2.98. The minimum absolute atomic E-state index is 0.0648. The summed E-state index contributed by atoms with van der Waals surface area (Å²) in [5.74, 6) is 0. The maximum Gasteiger partial charge on any atom is 0.115 e. The van der Waals surface area contributed by atoms with Crippen molar-refractivity contribution >= 4 is 0 Å². The third-order valence-electron chi connectivity index (χ3n) is 1.80. The average Bonchev–Trinajstić information content (AvgIpc) is 1.99. The number of hydrogen-bond acceptors (Lipinski definition) is 1. The second-order valence-corrected chi connectivity index (χ2v) is 2.61. The molecule has 0 fully saturated rings. The summed E-state index contributed by atoms with van der Waals surface area (Å²) in [5.41, 5.74) is 0. The number of alkyl halides is 1. The summed E-state index contributed by atoms with van der Waals surface area (Å²) in [6.45, 7) is 3.96. The van der Waals surface area contributed by atoms with Crippen LogP contribution in [0.5, 0.6) is 0 Å². The highest BCUT2D eigenvalue weighted by atomic mass is 19.1. The first-order chi connectivity index (χ1) is 4.76. The summed E-state index contributed by atoms with van der Waals surface area (Å²) in [6.07, 6.45) is 1.92. The van der Waals surface area contributed by atoms with Crippen LogP contribution in [0.25, 0.3) is 0 Å². The first-order valence-corrected chi connectivity index (χ1v) is 4.07. The maximum absolute atomic E-state index is 12.9. The van der Waals surface area contributed by atoms with E-state index in [1.807, 2.05) is 14.0 Å². The molecule has 0 spiro atoms. The number of halogens is 1. The van der Waals surface area contributed by atoms with Crippen LogP contribution in [0.1, 0.15) is 33.1 Å². The SMILES string of the molecule is CCCC(NC)C(F)CC. The van der Waals surface area contributed by atoms with Gasteiger partial charge in [0.05, 0.1) is 0 Å². The van der Waals surface area contributed by atoms with Gasteiger partial charge in [0.2, 0.25) is 0 Å². The molecule has 0 saturated carbocycles. The second-order valence-electron chi connectivity index (χ2n) is 2.61. The monoisotopic (exact) mass is 147 g/mol. The van der Waals surface area contributed by atoms with Gasteiger partial charge in [0, 0.05) is 6.04 Å². The molecule has 0 radical (unpaired) electrons. The Balaban J connectivity index is 3.56. The number of rotatable bonds is 5. The van der Waals surface area contributed by atoms with Gasteiger partial charge >= 0.3 is 0 Å². The summed E-state index contributed by atoms with van der Waals surface area (Å²) in [4.78, 5) is 0. The quantitative estimate of drug-likeness (QED) is 0.628. The lowest BCUT2D eigenvalue weighted by Crippen LogP contribution is -2.34. The van der Waals surface area contributed by atoms with Gasteiger partial charge in [-0.05, 0) is 19.9 Å². The van der Waals surface area contributed by atoms with Crippen molar-refractivity contribution in [2.24, 2.45) is 0 Å². The molecular weight excluding hydrogens is 129 g/mol. The van der Waals surface area contributed by atoms with E-state index in [0.717, 1.165) is 12.8 Å². The van der Waals surface area contributed by atoms with E-state index in [2.05, 4.69) is 12.2 Å². The van der Waals surface area contributed by atoms with Crippen molar-refractivity contribution in [3.63, 3.8) is 0 Å². The van der Waals surface area contributed by atoms with E-state index in [4.69, 9.17) is 0 Å². The minimum atomic E-state index is -0.676. The van der Waals surface area contributed by atoms with E-state index in [-0.39, 0.29) is 6.04 Å². The number of hydrogen-bond donors (Lipinski definition) is 1. The van der Waals surface area contributed by atoms with Crippen LogP contribution in [0.15, 0.2) is 0 Å². The molecule has 0 aliphatic carbocycles. The molecule has 10 heavy (non-hydrogen) atoms. The Bertz CT molecular complexity index is 75.7. The number of nitrogens with one attached hydrogen (secondary N) is 1. The Morgan fingerprint density at radius 3 is 2.30 bits per heavy atom. The first-order valence-electron chi connectivity index (χ1n) is 4.07. The molecular formula is C8H18FN. The molecule has 0 amide bonds. The Hall–Kier alpha value is -0.110. The van der Waals surface area contributed by atoms with E-state index in [0.29, 0.717) is 6.42 Å². The van der Waals surface area contributed by atoms with Crippen LogP contribution in [-0.4, -0.2) is 19.3 Å². The molecule has 0 aromatic rings. The van der Waals surface area contributed by atoms with Crippen LogP contribution < -0.4 is 5.32 Å². The van der Waals surface area contributed by atoms with Crippen molar-refractivity contribution in [2.75, 3.05) is 7.05 Å². The van der Waals surface area contributed by atoms with Crippen molar-refractivity contribution in [3.8, 4) is 0 Å². The molecule has 62 valence electrons. The summed E-state index contributed by atoms with van der Waals surface area (Å²) in [7, 11) is 1.82. The molecule has 1 nitrogen and oxygen atoms in total. The van der Waals surface area contributed by atoms with Crippen LogP contribution in [0.4, 0.5) is 4.39 Å². The van der Waals surface area contributed by atoms with E-state index < -0.39 is 6.17 Å². The lowest BCUT2D eigenvalue weighted by atomic mass is 10.1. The summed E-state index contributed by atoms with van der Waals surface area (Å²) >= 11 is 0. The topological polar surface area (TPSA) is 12.0 Å². The predicted molar refractivity (Wildman–Crippen MR) is 42.9 cm³/mol. The van der Waals surface area contributed by atoms with Crippen LogP contribution in [0.3, 0.4) is 0 Å². The van der Waals surface area contributed by atoms with Gasteiger partial charge in [-0.1, -0.05) is 20.3 Å². The molecule has 0 rings (SSSR count). The van der Waals surface area contributed by atoms with E-state index in [1.54, 1.807) is 0 Å². The minimum Gasteiger partial charge on any atom is -0.314 e. The van der Waals surface area contributed by atoms with Crippen molar-refractivity contribution < 1.29 is 4.39 Å². The highest BCUT2D eigenvalue weighted by Crippen LogP contribution is 2.08. The lowest BCUT2D eigenvalue weighted by Gasteiger charge is -2.18. The lowest BCUT2D eigenvalue weighted by molar-refractivity contribution is 0.239. The Morgan fingerprint density at radius 2 is 2.00 bits per heavy atom. The zero-order chi connectivity index (χ0) is 7.98. The van der Waals surface area contributed by atoms with E-state index in [9.17, 15) is 4.39 Å². The molecule has 2 unspecified atom stereocenters. The predicted octanol–water partition coefficient (Wildman–Crippen LogP) is 2.12. The van der Waals surface area contributed by atoms with Crippen molar-refractivity contribution in [2.45, 2.75) is 45.3 Å². The van der Waals surface area contributed by atoms with Gasteiger partial charge in [-0.3, -0.25) is 0 Å². The zero-order valence-electron chi connectivity index (χ0n) is 7.15. The fourth-order valence-corrected chi connectivity index (χ4v) is 1.10. The molecule has 0 aliphatic heterocycles. The highest BCUT2D eigenvalue weighted by molar-refractivity contribution is 4.72. The van der Waals surface area contributed by atoms with Crippen LogP contribution in [0, 0.1) is 0 Å². The second kappa shape index (κ2) is 5.66. The summed E-state index contributed by atoms with van der Waals surface area (Å²) < 4.78 is 12.9. The molecule has 0 saturated heterocycles. The normalized spacial score (nSPS) is 16.8. The molecule has 0 heterocycles.